The summed E-state index contributed by atoms with van der Waals surface area (Å²) in [5.74, 6) is -0.243. The lowest BCUT2D eigenvalue weighted by Crippen LogP contribution is -2.29. The van der Waals surface area contributed by atoms with Crippen molar-refractivity contribution in [3.05, 3.63) is 92.8 Å². The quantitative estimate of drug-likeness (QED) is 0.525. The molecule has 2 aromatic carbocycles. The second-order valence-electron chi connectivity index (χ2n) is 6.47. The van der Waals surface area contributed by atoms with Crippen LogP contribution in [0.1, 0.15) is 33.3 Å². The Bertz CT molecular complexity index is 1230. The summed E-state index contributed by atoms with van der Waals surface area (Å²) in [6, 6.07) is 14.3. The fraction of sp³-hybridized carbons (Fsp3) is 0.0952. The van der Waals surface area contributed by atoms with Crippen molar-refractivity contribution in [1.82, 2.24) is 4.98 Å². The summed E-state index contributed by atoms with van der Waals surface area (Å²) < 4.78 is 5.89. The van der Waals surface area contributed by atoms with Crippen LogP contribution in [0.4, 0.5) is 5.13 Å². The number of hydrogen-bond acceptors (Lipinski definition) is 5. The number of aromatic nitrogens is 1. The van der Waals surface area contributed by atoms with Crippen LogP contribution < -0.4 is 10.3 Å². The molecule has 2 aromatic heterocycles. The first-order chi connectivity index (χ1) is 13.1. The molecule has 0 bridgehead atoms. The molecule has 0 aliphatic carbocycles. The van der Waals surface area contributed by atoms with E-state index in [1.54, 1.807) is 35.4 Å². The van der Waals surface area contributed by atoms with Gasteiger partial charge in [0.05, 0.1) is 17.0 Å². The van der Waals surface area contributed by atoms with Gasteiger partial charge in [-0.05, 0) is 24.6 Å². The van der Waals surface area contributed by atoms with E-state index in [0.717, 1.165) is 11.1 Å². The van der Waals surface area contributed by atoms with E-state index in [1.807, 2.05) is 36.6 Å². The summed E-state index contributed by atoms with van der Waals surface area (Å²) in [5, 5.41) is 2.83. The van der Waals surface area contributed by atoms with Gasteiger partial charge in [-0.15, -0.1) is 11.3 Å². The minimum atomic E-state index is -0.555. The molecule has 1 aliphatic rings. The lowest BCUT2D eigenvalue weighted by atomic mass is 9.98. The molecule has 132 valence electrons. The lowest BCUT2D eigenvalue weighted by molar-refractivity contribution is 0.0971. The van der Waals surface area contributed by atoms with Crippen LogP contribution in [0.3, 0.4) is 0 Å². The average molecular weight is 374 g/mol. The van der Waals surface area contributed by atoms with Gasteiger partial charge in [0, 0.05) is 11.6 Å². The number of para-hydroxylation sites is 1. The maximum atomic E-state index is 13.3. The van der Waals surface area contributed by atoms with Crippen molar-refractivity contribution >= 4 is 33.3 Å². The van der Waals surface area contributed by atoms with Gasteiger partial charge < -0.3 is 4.42 Å². The van der Waals surface area contributed by atoms with Crippen LogP contribution >= 0.6 is 11.3 Å². The van der Waals surface area contributed by atoms with Crippen LogP contribution in [0, 0.1) is 6.92 Å². The van der Waals surface area contributed by atoms with Gasteiger partial charge in [0.2, 0.25) is 5.76 Å². The Balaban J connectivity index is 1.83. The number of rotatable bonds is 2. The third-order valence-electron chi connectivity index (χ3n) is 4.80. The number of anilines is 1. The van der Waals surface area contributed by atoms with E-state index in [-0.39, 0.29) is 17.1 Å². The molecule has 0 radical (unpaired) electrons. The predicted octanol–water partition coefficient (Wildman–Crippen LogP) is 4.31. The first-order valence-corrected chi connectivity index (χ1v) is 9.38. The van der Waals surface area contributed by atoms with E-state index in [9.17, 15) is 9.59 Å². The summed E-state index contributed by atoms with van der Waals surface area (Å²) in [5.41, 5.74) is 2.57. The van der Waals surface area contributed by atoms with Crippen molar-refractivity contribution in [2.24, 2.45) is 0 Å². The maximum absolute atomic E-state index is 13.3. The minimum Gasteiger partial charge on any atom is -0.450 e. The Kier molecular flexibility index (Phi) is 3.48. The SMILES string of the molecule is Cc1ccc(C2c3c(oc4ccccc4c3=O)C(=O)N2c2nccs2)cc1. The average Bonchev–Trinajstić information content (AvgIpc) is 3.30. The number of fused-ring (bicyclic) bond motifs is 2. The molecule has 6 heteroatoms. The normalized spacial score (nSPS) is 16.1. The Hall–Kier alpha value is -3.25. The first-order valence-electron chi connectivity index (χ1n) is 8.50. The highest BCUT2D eigenvalue weighted by Gasteiger charge is 2.44. The highest BCUT2D eigenvalue weighted by atomic mass is 32.1. The molecule has 4 aromatic rings. The molecule has 1 atom stereocenters. The molecule has 1 amide bonds. The van der Waals surface area contributed by atoms with Crippen molar-refractivity contribution in [2.45, 2.75) is 13.0 Å². The van der Waals surface area contributed by atoms with Crippen molar-refractivity contribution in [3.63, 3.8) is 0 Å². The molecule has 3 heterocycles. The maximum Gasteiger partial charge on any atom is 0.297 e. The fourth-order valence-electron chi connectivity index (χ4n) is 3.52. The van der Waals surface area contributed by atoms with Gasteiger partial charge in [-0.25, -0.2) is 4.98 Å². The Morgan fingerprint density at radius 2 is 1.85 bits per heavy atom. The third kappa shape index (κ3) is 2.34. The molecule has 1 aliphatic heterocycles. The molecule has 1 unspecified atom stereocenters. The van der Waals surface area contributed by atoms with E-state index >= 15 is 0 Å². The third-order valence-corrected chi connectivity index (χ3v) is 5.57. The van der Waals surface area contributed by atoms with E-state index in [0.29, 0.717) is 21.7 Å². The Labute approximate surface area is 158 Å². The zero-order valence-corrected chi connectivity index (χ0v) is 15.2. The molecule has 0 fully saturated rings. The van der Waals surface area contributed by atoms with Crippen molar-refractivity contribution in [3.8, 4) is 0 Å². The Morgan fingerprint density at radius 3 is 2.59 bits per heavy atom. The Morgan fingerprint density at radius 1 is 1.07 bits per heavy atom. The number of nitrogens with zero attached hydrogens (tertiary/aromatic N) is 2. The van der Waals surface area contributed by atoms with Crippen LogP contribution in [-0.4, -0.2) is 10.9 Å². The zero-order chi connectivity index (χ0) is 18.5. The molecule has 5 rings (SSSR count). The van der Waals surface area contributed by atoms with Crippen molar-refractivity contribution < 1.29 is 9.21 Å². The minimum absolute atomic E-state index is 0.0967. The van der Waals surface area contributed by atoms with Gasteiger partial charge in [-0.1, -0.05) is 42.0 Å². The molecule has 27 heavy (non-hydrogen) atoms. The summed E-state index contributed by atoms with van der Waals surface area (Å²) in [4.78, 5) is 32.3. The standard InChI is InChI=1S/C21H14N2O3S/c1-12-6-8-13(9-7-12)17-16-18(24)14-4-2-3-5-15(14)26-19(16)20(25)23(17)21-22-10-11-27-21/h2-11,17H,1H3. The van der Waals surface area contributed by atoms with Crippen LogP contribution in [0.15, 0.2) is 69.3 Å². The molecular weight excluding hydrogens is 360 g/mol. The number of thiazole rings is 1. The van der Waals surface area contributed by atoms with Gasteiger partial charge >= 0.3 is 0 Å². The smallest absolute Gasteiger partial charge is 0.297 e. The van der Waals surface area contributed by atoms with Gasteiger partial charge in [-0.2, -0.15) is 0 Å². The highest BCUT2D eigenvalue weighted by molar-refractivity contribution is 7.13. The van der Waals surface area contributed by atoms with Crippen molar-refractivity contribution in [1.29, 1.82) is 0 Å². The first kappa shape index (κ1) is 16.0. The highest BCUT2D eigenvalue weighted by Crippen LogP contribution is 2.41. The van der Waals surface area contributed by atoms with Crippen LogP contribution in [0.5, 0.6) is 0 Å². The zero-order valence-electron chi connectivity index (χ0n) is 14.4. The summed E-state index contributed by atoms with van der Waals surface area (Å²) in [6.45, 7) is 2.00. The van der Waals surface area contributed by atoms with Gasteiger partial charge in [0.25, 0.3) is 5.91 Å². The lowest BCUT2D eigenvalue weighted by Gasteiger charge is -2.22. The van der Waals surface area contributed by atoms with E-state index < -0.39 is 6.04 Å². The van der Waals surface area contributed by atoms with Gasteiger partial charge in [-0.3, -0.25) is 14.5 Å². The second-order valence-corrected chi connectivity index (χ2v) is 7.35. The number of benzene rings is 2. The number of carbonyl (C=O) groups excluding carboxylic acids is 1. The molecule has 0 N–H and O–H groups in total. The number of aryl methyl sites for hydroxylation is 1. The number of amides is 1. The summed E-state index contributed by atoms with van der Waals surface area (Å²) in [7, 11) is 0. The van der Waals surface area contributed by atoms with Crippen molar-refractivity contribution in [2.75, 3.05) is 4.90 Å². The molecule has 0 spiro atoms. The van der Waals surface area contributed by atoms with Gasteiger partial charge in [0.1, 0.15) is 5.58 Å². The van der Waals surface area contributed by atoms with E-state index in [4.69, 9.17) is 4.42 Å². The monoisotopic (exact) mass is 374 g/mol. The largest absolute Gasteiger partial charge is 0.450 e. The summed E-state index contributed by atoms with van der Waals surface area (Å²) >= 11 is 1.36. The molecular formula is C21H14N2O3S. The molecule has 0 saturated carbocycles. The van der Waals surface area contributed by atoms with Crippen LogP contribution in [-0.2, 0) is 0 Å². The van der Waals surface area contributed by atoms with E-state index in [2.05, 4.69) is 4.98 Å². The van der Waals surface area contributed by atoms with Crippen LogP contribution in [0.25, 0.3) is 11.0 Å². The summed E-state index contributed by atoms with van der Waals surface area (Å²) in [6.07, 6.45) is 1.65. The number of carbonyl (C=O) groups is 1. The fourth-order valence-corrected chi connectivity index (χ4v) is 4.18. The predicted molar refractivity (Wildman–Crippen MR) is 104 cm³/mol. The molecule has 0 saturated heterocycles. The second kappa shape index (κ2) is 5.89. The molecule has 5 nitrogen and oxygen atoms in total. The van der Waals surface area contributed by atoms with Crippen LogP contribution in [0.2, 0.25) is 0 Å². The van der Waals surface area contributed by atoms with E-state index in [1.165, 1.54) is 11.3 Å². The van der Waals surface area contributed by atoms with Gasteiger partial charge in [0.15, 0.2) is 10.6 Å². The number of hydrogen-bond donors (Lipinski definition) is 0. The topological polar surface area (TPSA) is 63.4 Å².